The Morgan fingerprint density at radius 2 is 1.02 bits per heavy atom. The highest BCUT2D eigenvalue weighted by atomic mass is 16.7. The first-order chi connectivity index (χ1) is 20.1. The van der Waals surface area contributed by atoms with Crippen LogP contribution >= 0.6 is 0 Å². The van der Waals surface area contributed by atoms with Crippen LogP contribution in [-0.4, -0.2) is 87.3 Å². The minimum Gasteiger partial charge on any atom is -0.463 e. The average molecular weight is 591 g/mol. The van der Waals surface area contributed by atoms with E-state index in [1.807, 2.05) is 0 Å². The second-order valence-electron chi connectivity index (χ2n) is 9.16. The molecule has 0 aromatic rings. The minimum absolute atomic E-state index is 0.0602. The molecule has 0 aliphatic carbocycles. The molecule has 42 heavy (non-hydrogen) atoms. The van der Waals surface area contributed by atoms with Gasteiger partial charge in [0.1, 0.15) is 37.6 Å². The molecule has 0 radical (unpaired) electrons. The largest absolute Gasteiger partial charge is 0.463 e. The third kappa shape index (κ3) is 14.8. The molecule has 0 bridgehead atoms. The zero-order chi connectivity index (χ0) is 30.7. The van der Waals surface area contributed by atoms with E-state index < -0.39 is 60.9 Å². The maximum atomic E-state index is 11.3. The number of esters is 4. The Kier molecular flexibility index (Phi) is 16.0. The van der Waals surface area contributed by atoms with Crippen molar-refractivity contribution in [2.24, 2.45) is 0 Å². The van der Waals surface area contributed by atoms with Gasteiger partial charge in [0.2, 0.25) is 0 Å². The van der Waals surface area contributed by atoms with Gasteiger partial charge >= 0.3 is 23.9 Å². The van der Waals surface area contributed by atoms with Crippen LogP contribution in [0.3, 0.4) is 0 Å². The summed E-state index contributed by atoms with van der Waals surface area (Å²) in [5.74, 6) is 9.69. The van der Waals surface area contributed by atoms with E-state index in [4.69, 9.17) is 37.9 Å². The molecule has 0 aromatic heterocycles. The summed E-state index contributed by atoms with van der Waals surface area (Å²) in [6.45, 7) is 5.81. The van der Waals surface area contributed by atoms with Crippen molar-refractivity contribution in [1.82, 2.24) is 0 Å². The molecule has 0 spiro atoms. The third-order valence-electron chi connectivity index (χ3n) is 5.47. The quantitative estimate of drug-likeness (QED) is 0.0962. The normalized spacial score (nSPS) is 24.3. The van der Waals surface area contributed by atoms with Crippen molar-refractivity contribution in [3.63, 3.8) is 0 Å². The van der Waals surface area contributed by atoms with Crippen molar-refractivity contribution in [1.29, 1.82) is 0 Å². The molecule has 0 amide bonds. The summed E-state index contributed by atoms with van der Waals surface area (Å²) < 4.78 is 43.2. The highest BCUT2D eigenvalue weighted by Gasteiger charge is 2.32. The molecule has 2 aliphatic heterocycles. The number of carbonyl (C=O) groups excluding carboxylic acids is 4. The van der Waals surface area contributed by atoms with Crippen molar-refractivity contribution in [2.75, 3.05) is 26.4 Å². The first kappa shape index (κ1) is 34.5. The SMILES string of the molecule is CC(=O)OC[C@H]1O[C@H](OCCCC#CC#CCCCO[C@@H]2C=C[C@H](OC(C)=O)[C@@H](COC(C)=O)O2)C=C[C@@H]1OC(C)=O. The Balaban J connectivity index is 1.62. The lowest BCUT2D eigenvalue weighted by Crippen LogP contribution is -2.42. The topological polar surface area (TPSA) is 142 Å². The molecule has 0 saturated carbocycles. The summed E-state index contributed by atoms with van der Waals surface area (Å²) in [6, 6.07) is 0. The molecule has 2 aliphatic rings. The number of ether oxygens (including phenoxy) is 8. The van der Waals surface area contributed by atoms with Crippen LogP contribution in [0.2, 0.25) is 0 Å². The number of unbranched alkanes of at least 4 members (excludes halogenated alkanes) is 2. The van der Waals surface area contributed by atoms with Gasteiger partial charge in [0.25, 0.3) is 0 Å². The number of hydrogen-bond acceptors (Lipinski definition) is 12. The van der Waals surface area contributed by atoms with Crippen molar-refractivity contribution in [3.05, 3.63) is 24.3 Å². The van der Waals surface area contributed by atoms with Crippen molar-refractivity contribution in [2.45, 2.75) is 90.4 Å². The fourth-order valence-corrected chi connectivity index (χ4v) is 3.64. The van der Waals surface area contributed by atoms with Crippen LogP contribution in [0.15, 0.2) is 24.3 Å². The van der Waals surface area contributed by atoms with Gasteiger partial charge in [-0.1, -0.05) is 11.8 Å². The molecule has 0 unspecified atom stereocenters. The number of rotatable bonds is 14. The highest BCUT2D eigenvalue weighted by molar-refractivity contribution is 5.67. The third-order valence-corrected chi connectivity index (χ3v) is 5.47. The Hall–Kier alpha value is -3.68. The Bertz CT molecular complexity index is 1000. The van der Waals surface area contributed by atoms with Gasteiger partial charge in [-0.3, -0.25) is 19.2 Å². The second-order valence-corrected chi connectivity index (χ2v) is 9.16. The zero-order valence-corrected chi connectivity index (χ0v) is 24.3. The molecular weight excluding hydrogens is 552 g/mol. The molecule has 12 nitrogen and oxygen atoms in total. The maximum Gasteiger partial charge on any atom is 0.303 e. The van der Waals surface area contributed by atoms with E-state index in [0.717, 1.165) is 0 Å². The molecule has 2 rings (SSSR count). The van der Waals surface area contributed by atoms with E-state index in [9.17, 15) is 19.2 Å². The van der Waals surface area contributed by atoms with E-state index in [1.165, 1.54) is 27.7 Å². The van der Waals surface area contributed by atoms with E-state index in [-0.39, 0.29) is 13.2 Å². The van der Waals surface area contributed by atoms with E-state index in [1.54, 1.807) is 24.3 Å². The highest BCUT2D eigenvalue weighted by Crippen LogP contribution is 2.19. The van der Waals surface area contributed by atoms with Crippen LogP contribution in [0.25, 0.3) is 0 Å². The molecular formula is C30H38O12. The van der Waals surface area contributed by atoms with Crippen LogP contribution in [0.1, 0.15) is 53.4 Å². The molecule has 0 N–H and O–H groups in total. The average Bonchev–Trinajstić information content (AvgIpc) is 2.92. The van der Waals surface area contributed by atoms with Crippen LogP contribution in [-0.2, 0) is 57.1 Å². The number of carbonyl (C=O) groups is 4. The summed E-state index contributed by atoms with van der Waals surface area (Å²) in [5, 5.41) is 0. The Morgan fingerprint density at radius 3 is 1.38 bits per heavy atom. The van der Waals surface area contributed by atoms with Crippen LogP contribution in [0.4, 0.5) is 0 Å². The standard InChI is InChI=1S/C30H38O12/c1-21(31)37-19-27-25(39-23(3)33)13-15-29(41-27)35-17-11-9-7-5-6-8-10-12-18-36-30-16-14-26(40-24(4)34)28(42-30)20-38-22(2)32/h13-16,25-30H,9-12,17-20H2,1-4H3/t25-,26-,27+,28+,29-,30-/m0/s1. The van der Waals surface area contributed by atoms with Crippen LogP contribution in [0, 0.1) is 23.7 Å². The first-order valence-electron chi connectivity index (χ1n) is 13.6. The van der Waals surface area contributed by atoms with Gasteiger partial charge in [-0.25, -0.2) is 0 Å². The lowest BCUT2D eigenvalue weighted by Gasteiger charge is -2.31. The predicted molar refractivity (Wildman–Crippen MR) is 146 cm³/mol. The van der Waals surface area contributed by atoms with Crippen molar-refractivity contribution < 1.29 is 57.1 Å². The van der Waals surface area contributed by atoms with Gasteiger partial charge in [-0.05, 0) is 49.0 Å². The van der Waals surface area contributed by atoms with Gasteiger partial charge in [0.05, 0.1) is 13.2 Å². The van der Waals surface area contributed by atoms with Gasteiger partial charge in [-0.2, -0.15) is 0 Å². The summed E-state index contributed by atoms with van der Waals surface area (Å²) >= 11 is 0. The van der Waals surface area contributed by atoms with Crippen molar-refractivity contribution >= 4 is 23.9 Å². The lowest BCUT2D eigenvalue weighted by atomic mass is 10.1. The van der Waals surface area contributed by atoms with E-state index >= 15 is 0 Å². The molecule has 0 fully saturated rings. The molecule has 230 valence electrons. The molecule has 6 atom stereocenters. The molecule has 2 heterocycles. The fourth-order valence-electron chi connectivity index (χ4n) is 3.64. The fraction of sp³-hybridized carbons (Fsp3) is 0.600. The Labute approximate surface area is 245 Å². The Morgan fingerprint density at radius 1 is 0.619 bits per heavy atom. The summed E-state index contributed by atoms with van der Waals surface area (Å²) in [7, 11) is 0. The van der Waals surface area contributed by atoms with Gasteiger partial charge in [0.15, 0.2) is 12.6 Å². The lowest BCUT2D eigenvalue weighted by molar-refractivity contribution is -0.197. The van der Waals surface area contributed by atoms with E-state index in [0.29, 0.717) is 38.9 Å². The summed E-state index contributed by atoms with van der Waals surface area (Å²) in [4.78, 5) is 44.8. The van der Waals surface area contributed by atoms with Gasteiger partial charge < -0.3 is 37.9 Å². The van der Waals surface area contributed by atoms with E-state index in [2.05, 4.69) is 23.7 Å². The van der Waals surface area contributed by atoms with Gasteiger partial charge in [0, 0.05) is 40.5 Å². The van der Waals surface area contributed by atoms with Crippen LogP contribution in [0.5, 0.6) is 0 Å². The monoisotopic (exact) mass is 590 g/mol. The molecule has 0 saturated heterocycles. The summed E-state index contributed by atoms with van der Waals surface area (Å²) in [6.07, 6.45) is 5.12. The second kappa shape index (κ2) is 19.4. The first-order valence-corrected chi connectivity index (χ1v) is 13.6. The predicted octanol–water partition coefficient (Wildman–Crippen LogP) is 2.14. The maximum absolute atomic E-state index is 11.3. The van der Waals surface area contributed by atoms with Gasteiger partial charge in [-0.15, -0.1) is 0 Å². The molecule has 12 heteroatoms. The smallest absolute Gasteiger partial charge is 0.303 e. The van der Waals surface area contributed by atoms with Crippen LogP contribution < -0.4 is 0 Å². The molecule has 0 aromatic carbocycles. The minimum atomic E-state index is -0.664. The summed E-state index contributed by atoms with van der Waals surface area (Å²) in [5.41, 5.74) is 0. The van der Waals surface area contributed by atoms with Crippen molar-refractivity contribution in [3.8, 4) is 23.7 Å². The zero-order valence-electron chi connectivity index (χ0n) is 24.3. The number of hydrogen-bond donors (Lipinski definition) is 0.